The molecular weight excluding hydrogens is 337 g/mol. The summed E-state index contributed by atoms with van der Waals surface area (Å²) in [6.45, 7) is 5.28. The molecule has 0 fully saturated rings. The van der Waals surface area contributed by atoms with Gasteiger partial charge in [-0.1, -0.05) is 24.3 Å². The first-order chi connectivity index (χ1) is 12.4. The Hall–Kier alpha value is -2.89. The van der Waals surface area contributed by atoms with Crippen molar-refractivity contribution in [2.75, 3.05) is 6.61 Å². The molecule has 1 atom stereocenters. The van der Waals surface area contributed by atoms with Gasteiger partial charge in [0.05, 0.1) is 0 Å². The molecule has 2 rings (SSSR count). The second-order valence-electron chi connectivity index (χ2n) is 5.96. The van der Waals surface area contributed by atoms with Crippen molar-refractivity contribution in [1.82, 2.24) is 5.32 Å². The first kappa shape index (κ1) is 19.4. The molecule has 2 aromatic rings. The van der Waals surface area contributed by atoms with Crippen LogP contribution in [-0.4, -0.2) is 24.6 Å². The second kappa shape index (κ2) is 8.99. The molecule has 26 heavy (non-hydrogen) atoms. The predicted octanol–water partition coefficient (Wildman–Crippen LogP) is 3.07. The van der Waals surface area contributed by atoms with Crippen molar-refractivity contribution < 1.29 is 23.5 Å². The van der Waals surface area contributed by atoms with Gasteiger partial charge in [-0.25, -0.2) is 9.18 Å². The maximum Gasteiger partial charge on any atom is 0.344 e. The number of hydrogen-bond donors (Lipinski definition) is 1. The summed E-state index contributed by atoms with van der Waals surface area (Å²) in [5, 5.41) is 2.63. The van der Waals surface area contributed by atoms with E-state index in [0.717, 1.165) is 16.7 Å². The molecule has 0 aromatic heterocycles. The third kappa shape index (κ3) is 5.58. The summed E-state index contributed by atoms with van der Waals surface area (Å²) in [6.07, 6.45) is -0.954. The van der Waals surface area contributed by atoms with E-state index in [2.05, 4.69) is 5.32 Å². The largest absolute Gasteiger partial charge is 0.482 e. The smallest absolute Gasteiger partial charge is 0.344 e. The minimum absolute atomic E-state index is 0.222. The van der Waals surface area contributed by atoms with Crippen LogP contribution in [0.25, 0.3) is 0 Å². The van der Waals surface area contributed by atoms with Gasteiger partial charge in [-0.2, -0.15) is 0 Å². The van der Waals surface area contributed by atoms with Gasteiger partial charge in [0.25, 0.3) is 5.91 Å². The molecule has 5 nitrogen and oxygen atoms in total. The Morgan fingerprint density at radius 2 is 1.81 bits per heavy atom. The Labute approximate surface area is 152 Å². The lowest BCUT2D eigenvalue weighted by atomic mass is 10.1. The fraction of sp³-hybridized carbons (Fsp3) is 0.300. The van der Waals surface area contributed by atoms with Gasteiger partial charge in [-0.3, -0.25) is 4.79 Å². The molecule has 0 unspecified atom stereocenters. The van der Waals surface area contributed by atoms with E-state index >= 15 is 0 Å². The average molecular weight is 359 g/mol. The molecule has 2 aromatic carbocycles. The topological polar surface area (TPSA) is 64.6 Å². The molecule has 0 aliphatic carbocycles. The normalized spacial score (nSPS) is 11.5. The second-order valence-corrected chi connectivity index (χ2v) is 5.96. The lowest BCUT2D eigenvalue weighted by Crippen LogP contribution is -2.36. The summed E-state index contributed by atoms with van der Waals surface area (Å²) in [5.41, 5.74) is 2.76. The average Bonchev–Trinajstić information content (AvgIpc) is 2.62. The predicted molar refractivity (Wildman–Crippen MR) is 95.2 cm³/mol. The van der Waals surface area contributed by atoms with Crippen LogP contribution in [0.2, 0.25) is 0 Å². The molecule has 1 N–H and O–H groups in total. The van der Waals surface area contributed by atoms with Gasteiger partial charge in [0, 0.05) is 6.54 Å². The lowest BCUT2D eigenvalue weighted by molar-refractivity contribution is -0.156. The first-order valence-electron chi connectivity index (χ1n) is 8.27. The van der Waals surface area contributed by atoms with Gasteiger partial charge in [0.2, 0.25) is 0 Å². The van der Waals surface area contributed by atoms with Gasteiger partial charge < -0.3 is 14.8 Å². The summed E-state index contributed by atoms with van der Waals surface area (Å²) >= 11 is 0. The third-order valence-corrected chi connectivity index (χ3v) is 3.96. The van der Waals surface area contributed by atoms with Crippen LogP contribution in [-0.2, 0) is 20.9 Å². The van der Waals surface area contributed by atoms with Crippen LogP contribution in [0, 0.1) is 19.7 Å². The minimum Gasteiger partial charge on any atom is -0.482 e. The summed E-state index contributed by atoms with van der Waals surface area (Å²) in [6, 6.07) is 11.3. The molecule has 0 spiro atoms. The lowest BCUT2D eigenvalue weighted by Gasteiger charge is -2.15. The summed E-state index contributed by atoms with van der Waals surface area (Å²) in [5.74, 6) is -0.800. The summed E-state index contributed by atoms with van der Waals surface area (Å²) < 4.78 is 23.4. The van der Waals surface area contributed by atoms with Crippen molar-refractivity contribution in [3.05, 3.63) is 65.0 Å². The molecule has 0 aliphatic heterocycles. The molecule has 0 bridgehead atoms. The van der Waals surface area contributed by atoms with Crippen LogP contribution in [0.5, 0.6) is 5.75 Å². The highest BCUT2D eigenvalue weighted by atomic mass is 19.1. The number of rotatable bonds is 7. The Kier molecular flexibility index (Phi) is 6.72. The number of carbonyl (C=O) groups excluding carboxylic acids is 2. The molecule has 0 heterocycles. The molecule has 0 saturated heterocycles. The zero-order valence-electron chi connectivity index (χ0n) is 15.0. The third-order valence-electron chi connectivity index (χ3n) is 3.96. The van der Waals surface area contributed by atoms with Crippen molar-refractivity contribution in [1.29, 1.82) is 0 Å². The molecule has 0 aliphatic rings. The molecule has 138 valence electrons. The van der Waals surface area contributed by atoms with Gasteiger partial charge in [0.15, 0.2) is 12.7 Å². The van der Waals surface area contributed by atoms with Crippen molar-refractivity contribution in [2.24, 2.45) is 0 Å². The van der Waals surface area contributed by atoms with Crippen LogP contribution >= 0.6 is 0 Å². The highest BCUT2D eigenvalue weighted by Gasteiger charge is 2.18. The van der Waals surface area contributed by atoms with Crippen molar-refractivity contribution in [3.8, 4) is 5.75 Å². The molecule has 6 heteroatoms. The molecule has 1 amide bonds. The van der Waals surface area contributed by atoms with E-state index in [9.17, 15) is 14.0 Å². The zero-order valence-corrected chi connectivity index (χ0v) is 15.0. The molecular formula is C20H22FNO4. The van der Waals surface area contributed by atoms with Crippen LogP contribution in [0.15, 0.2) is 42.5 Å². The minimum atomic E-state index is -0.954. The monoisotopic (exact) mass is 359 g/mol. The summed E-state index contributed by atoms with van der Waals surface area (Å²) in [7, 11) is 0. The number of benzene rings is 2. The van der Waals surface area contributed by atoms with E-state index in [1.165, 1.54) is 19.1 Å². The van der Waals surface area contributed by atoms with E-state index in [1.807, 2.05) is 26.0 Å². The number of nitrogens with one attached hydrogen (secondary N) is 1. The van der Waals surface area contributed by atoms with Gasteiger partial charge in [-0.05, 0) is 55.7 Å². The highest BCUT2D eigenvalue weighted by molar-refractivity contribution is 5.83. The van der Waals surface area contributed by atoms with Crippen LogP contribution in [0.4, 0.5) is 4.39 Å². The van der Waals surface area contributed by atoms with Gasteiger partial charge in [0.1, 0.15) is 11.6 Å². The number of esters is 1. The number of halogens is 1. The van der Waals surface area contributed by atoms with Gasteiger partial charge >= 0.3 is 5.97 Å². The molecule has 0 radical (unpaired) electrons. The van der Waals surface area contributed by atoms with E-state index < -0.39 is 18.0 Å². The highest BCUT2D eigenvalue weighted by Crippen LogP contribution is 2.20. The zero-order chi connectivity index (χ0) is 19.1. The molecule has 0 saturated carbocycles. The van der Waals surface area contributed by atoms with Crippen molar-refractivity contribution in [2.45, 2.75) is 33.4 Å². The van der Waals surface area contributed by atoms with Gasteiger partial charge in [-0.15, -0.1) is 0 Å². The Balaban J connectivity index is 1.77. The summed E-state index contributed by atoms with van der Waals surface area (Å²) in [4.78, 5) is 23.9. The van der Waals surface area contributed by atoms with E-state index in [0.29, 0.717) is 5.75 Å². The SMILES string of the molecule is Cc1cccc(OCC(=O)O[C@H](C)C(=O)NCc2ccc(F)cc2)c1C. The standard InChI is InChI=1S/C20H22FNO4/c1-13-5-4-6-18(14(13)2)25-12-19(23)26-15(3)20(24)22-11-16-7-9-17(21)10-8-16/h4-10,15H,11-12H2,1-3H3,(H,22,24)/t15-/m1/s1. The Bertz CT molecular complexity index is 774. The van der Waals surface area contributed by atoms with Crippen LogP contribution in [0.1, 0.15) is 23.6 Å². The quantitative estimate of drug-likeness (QED) is 0.772. The number of carbonyl (C=O) groups is 2. The first-order valence-corrected chi connectivity index (χ1v) is 8.27. The Morgan fingerprint density at radius 1 is 1.12 bits per heavy atom. The van der Waals surface area contributed by atoms with E-state index in [1.54, 1.807) is 18.2 Å². The maximum absolute atomic E-state index is 12.8. The number of amides is 1. The number of hydrogen-bond acceptors (Lipinski definition) is 4. The van der Waals surface area contributed by atoms with E-state index in [-0.39, 0.29) is 19.0 Å². The Morgan fingerprint density at radius 3 is 2.50 bits per heavy atom. The number of aryl methyl sites for hydroxylation is 1. The van der Waals surface area contributed by atoms with Crippen LogP contribution < -0.4 is 10.1 Å². The maximum atomic E-state index is 12.8. The van der Waals surface area contributed by atoms with E-state index in [4.69, 9.17) is 9.47 Å². The van der Waals surface area contributed by atoms with Crippen LogP contribution in [0.3, 0.4) is 0 Å². The fourth-order valence-corrected chi connectivity index (χ4v) is 2.24. The van der Waals surface area contributed by atoms with Crippen molar-refractivity contribution in [3.63, 3.8) is 0 Å². The fourth-order valence-electron chi connectivity index (χ4n) is 2.24. The van der Waals surface area contributed by atoms with Crippen molar-refractivity contribution >= 4 is 11.9 Å². The number of ether oxygens (including phenoxy) is 2.